The van der Waals surface area contributed by atoms with Crippen molar-refractivity contribution in [2.75, 3.05) is 18.5 Å². The third-order valence-electron chi connectivity index (χ3n) is 2.95. The number of hydrogen-bond donors (Lipinski definition) is 3. The van der Waals surface area contributed by atoms with E-state index < -0.39 is 0 Å². The first-order chi connectivity index (χ1) is 9.04. The summed E-state index contributed by atoms with van der Waals surface area (Å²) < 4.78 is 0. The Labute approximate surface area is 115 Å². The Hall–Kier alpha value is -1.39. The van der Waals surface area contributed by atoms with Gasteiger partial charge in [-0.1, -0.05) is 32.0 Å². The minimum absolute atomic E-state index is 0.00830. The molecule has 0 saturated heterocycles. The van der Waals surface area contributed by atoms with Gasteiger partial charge in [-0.2, -0.15) is 0 Å². The van der Waals surface area contributed by atoms with Crippen molar-refractivity contribution in [3.63, 3.8) is 0 Å². The lowest BCUT2D eigenvalue weighted by Gasteiger charge is -2.16. The van der Waals surface area contributed by atoms with Gasteiger partial charge in [-0.15, -0.1) is 0 Å². The van der Waals surface area contributed by atoms with E-state index >= 15 is 0 Å². The molecule has 1 aromatic carbocycles. The van der Waals surface area contributed by atoms with E-state index in [-0.39, 0.29) is 18.6 Å². The normalized spacial score (nSPS) is 12.5. The van der Waals surface area contributed by atoms with Crippen LogP contribution >= 0.6 is 0 Å². The van der Waals surface area contributed by atoms with Gasteiger partial charge in [-0.25, -0.2) is 0 Å². The molecule has 1 amide bonds. The van der Waals surface area contributed by atoms with E-state index in [1.54, 1.807) is 0 Å². The molecule has 0 bridgehead atoms. The van der Waals surface area contributed by atoms with Crippen LogP contribution < -0.4 is 10.6 Å². The molecule has 0 spiro atoms. The second-order valence-electron chi connectivity index (χ2n) is 5.07. The van der Waals surface area contributed by atoms with Crippen LogP contribution in [-0.2, 0) is 4.79 Å². The Kier molecular flexibility index (Phi) is 6.53. The summed E-state index contributed by atoms with van der Waals surface area (Å²) in [6, 6.07) is 7.93. The minimum atomic E-state index is -0.00830. The van der Waals surface area contributed by atoms with Gasteiger partial charge in [0.25, 0.3) is 0 Å². The molecule has 1 aromatic rings. The number of benzene rings is 1. The summed E-state index contributed by atoms with van der Waals surface area (Å²) in [7, 11) is 0. The summed E-state index contributed by atoms with van der Waals surface area (Å²) >= 11 is 0. The molecule has 0 fully saturated rings. The second kappa shape index (κ2) is 7.92. The highest BCUT2D eigenvalue weighted by molar-refractivity contribution is 5.91. The molecule has 0 aliphatic rings. The number of carbonyl (C=O) groups is 1. The number of anilines is 1. The Morgan fingerprint density at radius 3 is 2.58 bits per heavy atom. The van der Waals surface area contributed by atoms with Crippen molar-refractivity contribution in [3.05, 3.63) is 29.8 Å². The van der Waals surface area contributed by atoms with Crippen LogP contribution in [0.15, 0.2) is 24.3 Å². The fourth-order valence-electron chi connectivity index (χ4n) is 1.98. The maximum Gasteiger partial charge on any atom is 0.225 e. The molecule has 1 unspecified atom stereocenters. The fourth-order valence-corrected chi connectivity index (χ4v) is 1.98. The monoisotopic (exact) mass is 264 g/mol. The standard InChI is InChI=1S/C15H24N2O2/c1-11(2)13-6-4-5-7-14(13)17-15(19)10-12(3)16-8-9-18/h4-7,11-12,16,18H,8-10H2,1-3H3,(H,17,19). The predicted molar refractivity (Wildman–Crippen MR) is 78.3 cm³/mol. The molecule has 1 rings (SSSR count). The van der Waals surface area contributed by atoms with Gasteiger partial charge >= 0.3 is 0 Å². The van der Waals surface area contributed by atoms with Crippen molar-refractivity contribution in [3.8, 4) is 0 Å². The molecule has 1 atom stereocenters. The van der Waals surface area contributed by atoms with Crippen molar-refractivity contribution in [2.24, 2.45) is 0 Å². The molecule has 3 N–H and O–H groups in total. The Balaban J connectivity index is 2.57. The summed E-state index contributed by atoms with van der Waals surface area (Å²) in [5.74, 6) is 0.368. The van der Waals surface area contributed by atoms with Crippen LogP contribution in [0.2, 0.25) is 0 Å². The molecule has 0 aliphatic carbocycles. The zero-order valence-corrected chi connectivity index (χ0v) is 11.9. The van der Waals surface area contributed by atoms with Gasteiger partial charge in [-0.05, 0) is 24.5 Å². The first-order valence-corrected chi connectivity index (χ1v) is 6.77. The first-order valence-electron chi connectivity index (χ1n) is 6.77. The van der Waals surface area contributed by atoms with Crippen molar-refractivity contribution < 1.29 is 9.90 Å². The van der Waals surface area contributed by atoms with Gasteiger partial charge in [0.1, 0.15) is 0 Å². The maximum absolute atomic E-state index is 11.9. The van der Waals surface area contributed by atoms with Crippen molar-refractivity contribution in [1.82, 2.24) is 5.32 Å². The minimum Gasteiger partial charge on any atom is -0.395 e. The van der Waals surface area contributed by atoms with Crippen LogP contribution in [0.25, 0.3) is 0 Å². The summed E-state index contributed by atoms with van der Waals surface area (Å²) in [6.45, 7) is 6.75. The Bertz CT molecular complexity index is 405. The number of hydrogen-bond acceptors (Lipinski definition) is 3. The molecule has 0 aliphatic heterocycles. The third kappa shape index (κ3) is 5.41. The molecule has 0 saturated carbocycles. The number of rotatable bonds is 7. The smallest absolute Gasteiger partial charge is 0.225 e. The number of para-hydroxylation sites is 1. The van der Waals surface area contributed by atoms with Crippen LogP contribution in [0.3, 0.4) is 0 Å². The number of amides is 1. The molecule has 0 heterocycles. The van der Waals surface area contributed by atoms with Crippen LogP contribution in [0.5, 0.6) is 0 Å². The summed E-state index contributed by atoms with van der Waals surface area (Å²) in [6.07, 6.45) is 0.395. The average molecular weight is 264 g/mol. The van der Waals surface area contributed by atoms with E-state index in [0.717, 1.165) is 11.3 Å². The molecule has 0 aromatic heterocycles. The lowest BCUT2D eigenvalue weighted by atomic mass is 10.0. The molecule has 4 nitrogen and oxygen atoms in total. The van der Waals surface area contributed by atoms with Gasteiger partial charge < -0.3 is 15.7 Å². The quantitative estimate of drug-likeness (QED) is 0.707. The average Bonchev–Trinajstić information content (AvgIpc) is 2.36. The first kappa shape index (κ1) is 15.7. The molecule has 4 heteroatoms. The van der Waals surface area contributed by atoms with E-state index in [1.165, 1.54) is 0 Å². The SMILES string of the molecule is CC(CC(=O)Nc1ccccc1C(C)C)NCCO. The third-order valence-corrected chi connectivity index (χ3v) is 2.95. The molecule has 0 radical (unpaired) electrons. The number of carbonyl (C=O) groups excluding carboxylic acids is 1. The van der Waals surface area contributed by atoms with Gasteiger partial charge in [0.15, 0.2) is 0 Å². The zero-order valence-electron chi connectivity index (χ0n) is 11.9. The number of aliphatic hydroxyl groups is 1. The van der Waals surface area contributed by atoms with E-state index in [9.17, 15) is 4.79 Å². The maximum atomic E-state index is 11.9. The fraction of sp³-hybridized carbons (Fsp3) is 0.533. The highest BCUT2D eigenvalue weighted by Gasteiger charge is 2.11. The summed E-state index contributed by atoms with van der Waals surface area (Å²) in [5, 5.41) is 14.8. The van der Waals surface area contributed by atoms with Crippen LogP contribution in [0.4, 0.5) is 5.69 Å². The van der Waals surface area contributed by atoms with Crippen molar-refractivity contribution in [1.29, 1.82) is 0 Å². The Morgan fingerprint density at radius 1 is 1.26 bits per heavy atom. The Morgan fingerprint density at radius 2 is 1.95 bits per heavy atom. The largest absolute Gasteiger partial charge is 0.395 e. The van der Waals surface area contributed by atoms with Gasteiger partial charge in [0.2, 0.25) is 5.91 Å². The van der Waals surface area contributed by atoms with Gasteiger partial charge in [-0.3, -0.25) is 4.79 Å². The predicted octanol–water partition coefficient (Wildman–Crippen LogP) is 2.11. The lowest BCUT2D eigenvalue weighted by molar-refractivity contribution is -0.116. The summed E-state index contributed by atoms with van der Waals surface area (Å²) in [5.41, 5.74) is 2.03. The second-order valence-corrected chi connectivity index (χ2v) is 5.07. The number of aliphatic hydroxyl groups excluding tert-OH is 1. The van der Waals surface area contributed by atoms with Crippen molar-refractivity contribution in [2.45, 2.75) is 39.2 Å². The van der Waals surface area contributed by atoms with Crippen LogP contribution in [0, 0.1) is 0 Å². The highest BCUT2D eigenvalue weighted by atomic mass is 16.3. The molecular weight excluding hydrogens is 240 g/mol. The lowest BCUT2D eigenvalue weighted by Crippen LogP contribution is -2.32. The van der Waals surface area contributed by atoms with E-state index in [0.29, 0.717) is 18.9 Å². The van der Waals surface area contributed by atoms with Crippen LogP contribution in [-0.4, -0.2) is 30.2 Å². The van der Waals surface area contributed by atoms with Crippen LogP contribution in [0.1, 0.15) is 38.7 Å². The zero-order chi connectivity index (χ0) is 14.3. The van der Waals surface area contributed by atoms with Gasteiger partial charge in [0, 0.05) is 24.7 Å². The molecule has 106 valence electrons. The van der Waals surface area contributed by atoms with Crippen molar-refractivity contribution >= 4 is 11.6 Å². The van der Waals surface area contributed by atoms with E-state index in [4.69, 9.17) is 5.11 Å². The molecule has 19 heavy (non-hydrogen) atoms. The van der Waals surface area contributed by atoms with E-state index in [1.807, 2.05) is 31.2 Å². The highest BCUT2D eigenvalue weighted by Crippen LogP contribution is 2.23. The number of nitrogens with one attached hydrogen (secondary N) is 2. The summed E-state index contributed by atoms with van der Waals surface area (Å²) in [4.78, 5) is 11.9. The topological polar surface area (TPSA) is 61.4 Å². The van der Waals surface area contributed by atoms with Gasteiger partial charge in [0.05, 0.1) is 6.61 Å². The molecular formula is C15H24N2O2. The van der Waals surface area contributed by atoms with E-state index in [2.05, 4.69) is 24.5 Å².